The summed E-state index contributed by atoms with van der Waals surface area (Å²) in [5.74, 6) is -2.80. The van der Waals surface area contributed by atoms with Crippen LogP contribution >= 0.6 is 0 Å². The van der Waals surface area contributed by atoms with Crippen molar-refractivity contribution in [2.75, 3.05) is 31.2 Å². The van der Waals surface area contributed by atoms with E-state index in [0.717, 1.165) is 74.8 Å². The number of carbonyl (C=O) groups excluding carboxylic acids is 1. The van der Waals surface area contributed by atoms with Crippen molar-refractivity contribution in [1.29, 1.82) is 5.53 Å². The monoisotopic (exact) mass is 414 g/mol. The van der Waals surface area contributed by atoms with Gasteiger partial charge in [-0.3, -0.25) is 0 Å². The van der Waals surface area contributed by atoms with Crippen molar-refractivity contribution in [3.05, 3.63) is 36.4 Å². The highest BCUT2D eigenvalue weighted by molar-refractivity contribution is 6.40. The van der Waals surface area contributed by atoms with E-state index in [1.54, 1.807) is 0 Å². The molecule has 1 aliphatic heterocycles. The number of hydrogen-bond acceptors (Lipinski definition) is 7. The fourth-order valence-corrected chi connectivity index (χ4v) is 3.21. The summed E-state index contributed by atoms with van der Waals surface area (Å²) in [4.78, 5) is 29.9. The minimum atomic E-state index is -1.51. The predicted molar refractivity (Wildman–Crippen MR) is 109 cm³/mol. The molecule has 1 aromatic carbocycles. The summed E-state index contributed by atoms with van der Waals surface area (Å²) in [6.07, 6.45) is 6.19. The third-order valence-electron chi connectivity index (χ3n) is 4.65. The van der Waals surface area contributed by atoms with Crippen molar-refractivity contribution in [3.8, 4) is 0 Å². The highest BCUT2D eigenvalue weighted by Gasteiger charge is 2.23. The lowest BCUT2D eigenvalue weighted by atomic mass is 10.1. The van der Waals surface area contributed by atoms with Gasteiger partial charge in [-0.2, -0.15) is 0 Å². The summed E-state index contributed by atoms with van der Waals surface area (Å²) >= 11 is 0. The highest BCUT2D eigenvalue weighted by atomic mass is 16.5. The second-order valence-electron chi connectivity index (χ2n) is 6.76. The number of anilines is 1. The average molecular weight is 414 g/mol. The number of hydrogen-bond donors (Lipinski definition) is 2. The molecule has 9 heteroatoms. The van der Waals surface area contributed by atoms with Crippen molar-refractivity contribution < 1.29 is 29.3 Å². The van der Waals surface area contributed by atoms with Gasteiger partial charge >= 0.3 is 11.7 Å². The third-order valence-corrected chi connectivity index (χ3v) is 4.65. The van der Waals surface area contributed by atoms with Crippen LogP contribution in [0.25, 0.3) is 0 Å². The van der Waals surface area contributed by atoms with Crippen LogP contribution in [0.2, 0.25) is 0 Å². The van der Waals surface area contributed by atoms with Crippen molar-refractivity contribution >= 4 is 34.7 Å². The second-order valence-corrected chi connectivity index (χ2v) is 6.76. The number of aliphatic imine (C=N–C) groups is 1. The molecular formula is C21H26N4O5. The third kappa shape index (κ3) is 7.62. The maximum Gasteiger partial charge on any atom is 0.362 e. The number of para-hydroxylation sites is 2. The van der Waals surface area contributed by atoms with Gasteiger partial charge < -0.3 is 24.6 Å². The summed E-state index contributed by atoms with van der Waals surface area (Å²) in [6, 6.07) is 8.27. The maximum atomic E-state index is 9.53. The molecule has 1 heterocycles. The summed E-state index contributed by atoms with van der Waals surface area (Å²) in [5.41, 5.74) is 11.4. The van der Waals surface area contributed by atoms with Crippen LogP contribution in [0, 0.1) is 5.53 Å². The molecule has 2 N–H and O–H groups in total. The first kappa shape index (κ1) is 23.0. The van der Waals surface area contributed by atoms with Gasteiger partial charge in [0.2, 0.25) is 0 Å². The molecular weight excluding hydrogens is 388 g/mol. The van der Waals surface area contributed by atoms with E-state index in [0.29, 0.717) is 12.2 Å². The van der Waals surface area contributed by atoms with Crippen LogP contribution in [0.3, 0.4) is 0 Å². The first-order valence-electron chi connectivity index (χ1n) is 9.86. The Morgan fingerprint density at radius 2 is 1.83 bits per heavy atom. The topological polar surface area (TPSA) is 140 Å². The molecule has 0 bridgehead atoms. The molecule has 30 heavy (non-hydrogen) atoms. The largest absolute Gasteiger partial charge is 0.545 e. The molecule has 0 radical (unpaired) electrons. The molecule has 0 aromatic heterocycles. The minimum Gasteiger partial charge on any atom is -0.545 e. The van der Waals surface area contributed by atoms with Gasteiger partial charge in [-0.1, -0.05) is 18.6 Å². The van der Waals surface area contributed by atoms with Gasteiger partial charge in [0.05, 0.1) is 47.3 Å². The van der Waals surface area contributed by atoms with Crippen LogP contribution in [0.15, 0.2) is 41.4 Å². The Balaban J connectivity index is 0.000000343. The van der Waals surface area contributed by atoms with E-state index in [4.69, 9.17) is 20.4 Å². The lowest BCUT2D eigenvalue weighted by molar-refractivity contribution is -0.297. The summed E-state index contributed by atoms with van der Waals surface area (Å²) in [6.45, 7) is 3.34. The molecule has 9 nitrogen and oxygen atoms in total. The Hall–Kier alpha value is -3.29. The number of nitrogens with one attached hydrogen (secondary N) is 1. The zero-order chi connectivity index (χ0) is 21.8. The van der Waals surface area contributed by atoms with E-state index in [1.165, 1.54) is 6.42 Å². The van der Waals surface area contributed by atoms with Gasteiger partial charge in [0.1, 0.15) is 5.71 Å². The predicted octanol–water partition coefficient (Wildman–Crippen LogP) is 1.62. The standard InChI is InChI=1S/C17H23N4O.C4H4O4/c18-20-15-7-3-1-2-6-14(15)19-16-8-4-5-9-17(16)21-10-12-22-13-11-21;5-3(6)1-2-4(7)8/h4-5,8-9,18H,1-3,6-7,10-13H2;1-2H,(H,5,6)(H,7,8)/q+1;/p-1. The normalized spacial score (nSPS) is 18.3. The number of aliphatic carboxylic acids is 2. The number of ether oxygens (including phenoxy) is 1. The van der Waals surface area contributed by atoms with Gasteiger partial charge in [0, 0.05) is 19.2 Å². The van der Waals surface area contributed by atoms with Crippen LogP contribution in [0.1, 0.15) is 32.1 Å². The molecule has 0 amide bonds. The Morgan fingerprint density at radius 1 is 1.13 bits per heavy atom. The summed E-state index contributed by atoms with van der Waals surface area (Å²) in [5, 5.41) is 17.2. The molecule has 2 fully saturated rings. The molecule has 1 aromatic rings. The van der Waals surface area contributed by atoms with E-state index in [1.807, 2.05) is 6.07 Å². The number of nitrogens with zero attached hydrogens (tertiary/aromatic N) is 3. The van der Waals surface area contributed by atoms with Gasteiger partial charge in [-0.25, -0.2) is 9.79 Å². The fraction of sp³-hybridized carbons (Fsp3) is 0.429. The minimum absolute atomic E-state index is 0.447. The molecule has 2 aliphatic rings. The van der Waals surface area contributed by atoms with Crippen LogP contribution in [-0.4, -0.2) is 59.6 Å². The highest BCUT2D eigenvalue weighted by Crippen LogP contribution is 2.30. The lowest BCUT2D eigenvalue weighted by Crippen LogP contribution is -2.36. The fourth-order valence-electron chi connectivity index (χ4n) is 3.21. The summed E-state index contributed by atoms with van der Waals surface area (Å²) < 4.78 is 5.44. The Kier molecular flexibility index (Phi) is 9.44. The molecule has 0 atom stereocenters. The summed E-state index contributed by atoms with van der Waals surface area (Å²) in [7, 11) is 0. The smallest absolute Gasteiger partial charge is 0.362 e. The molecule has 160 valence electrons. The van der Waals surface area contributed by atoms with E-state index in [-0.39, 0.29) is 0 Å². The van der Waals surface area contributed by atoms with Crippen molar-refractivity contribution in [2.45, 2.75) is 32.1 Å². The SMILES string of the molecule is N=[N+]=C1CCCCCC1=Nc1ccccc1N1CCOCC1.O=C([O-])C=CC(=O)O. The Bertz CT molecular complexity index is 837. The second kappa shape index (κ2) is 12.3. The van der Waals surface area contributed by atoms with Gasteiger partial charge in [-0.05, 0) is 37.5 Å². The number of rotatable bonds is 4. The molecule has 1 aliphatic carbocycles. The number of carboxylic acid groups (broad SMARTS) is 2. The van der Waals surface area contributed by atoms with E-state index in [9.17, 15) is 14.7 Å². The van der Waals surface area contributed by atoms with Crippen molar-refractivity contribution in [2.24, 2.45) is 4.99 Å². The zero-order valence-electron chi connectivity index (χ0n) is 16.7. The number of morpholine rings is 1. The average Bonchev–Trinajstić information content (AvgIpc) is 2.98. The number of carboxylic acids is 2. The number of carbonyl (C=O) groups is 2. The van der Waals surface area contributed by atoms with Gasteiger partial charge in [0.15, 0.2) is 0 Å². The van der Waals surface area contributed by atoms with Gasteiger partial charge in [0.25, 0.3) is 0 Å². The zero-order valence-corrected chi connectivity index (χ0v) is 16.7. The van der Waals surface area contributed by atoms with Gasteiger partial charge in [-0.15, -0.1) is 0 Å². The Morgan fingerprint density at radius 3 is 2.47 bits per heavy atom. The van der Waals surface area contributed by atoms with Crippen LogP contribution in [0.4, 0.5) is 11.4 Å². The number of benzene rings is 1. The molecule has 3 rings (SSSR count). The van der Waals surface area contributed by atoms with Crippen LogP contribution < -0.4 is 10.0 Å². The van der Waals surface area contributed by atoms with Crippen LogP contribution in [-0.2, 0) is 14.3 Å². The Labute approximate surface area is 174 Å². The first-order valence-corrected chi connectivity index (χ1v) is 9.86. The molecule has 0 spiro atoms. The maximum absolute atomic E-state index is 9.53. The quantitative estimate of drug-likeness (QED) is 0.332. The van der Waals surface area contributed by atoms with Crippen molar-refractivity contribution in [1.82, 2.24) is 0 Å². The van der Waals surface area contributed by atoms with E-state index in [2.05, 4.69) is 27.9 Å². The first-order chi connectivity index (χ1) is 14.5. The van der Waals surface area contributed by atoms with E-state index >= 15 is 0 Å². The molecule has 1 saturated carbocycles. The molecule has 1 saturated heterocycles. The van der Waals surface area contributed by atoms with E-state index < -0.39 is 11.9 Å². The van der Waals surface area contributed by atoms with Crippen LogP contribution in [0.5, 0.6) is 0 Å². The lowest BCUT2D eigenvalue weighted by Gasteiger charge is -2.29. The molecule has 0 unspecified atom stereocenters. The van der Waals surface area contributed by atoms with Crippen molar-refractivity contribution in [3.63, 3.8) is 0 Å².